The number of likely N-dealkylation sites (N-methyl/N-ethyl adjacent to an activating group) is 1. The molecule has 1 aliphatic heterocycles. The number of carbonyl (C=O) groups excluding carboxylic acids is 1. The van der Waals surface area contributed by atoms with E-state index in [1.54, 1.807) is 7.11 Å². The number of ether oxygens (including phenoxy) is 2. The molecule has 0 bridgehead atoms. The molecular weight excluding hydrogens is 440 g/mol. The van der Waals surface area contributed by atoms with E-state index in [-0.39, 0.29) is 23.2 Å². The summed E-state index contributed by atoms with van der Waals surface area (Å²) in [6, 6.07) is 9.43. The van der Waals surface area contributed by atoms with E-state index in [9.17, 15) is 13.6 Å². The molecule has 2 N–H and O–H groups in total. The Morgan fingerprint density at radius 1 is 1.15 bits per heavy atom. The van der Waals surface area contributed by atoms with E-state index in [2.05, 4.69) is 41.6 Å². The molecule has 2 amide bonds. The highest BCUT2D eigenvalue weighted by Crippen LogP contribution is 2.49. The van der Waals surface area contributed by atoms with Crippen molar-refractivity contribution in [1.29, 1.82) is 0 Å². The molecule has 1 saturated heterocycles. The molecule has 8 heteroatoms. The highest BCUT2D eigenvalue weighted by atomic mass is 19.2. The summed E-state index contributed by atoms with van der Waals surface area (Å²) in [5.74, 6) is -0.425. The van der Waals surface area contributed by atoms with E-state index >= 15 is 0 Å². The second-order valence-corrected chi connectivity index (χ2v) is 9.32. The van der Waals surface area contributed by atoms with Crippen molar-refractivity contribution in [3.63, 3.8) is 0 Å². The molecular formula is C26H33F2N3O3. The Balaban J connectivity index is 1.46. The molecule has 2 aromatic rings. The number of benzene rings is 2. The summed E-state index contributed by atoms with van der Waals surface area (Å²) in [5, 5.41) is 5.63. The fourth-order valence-electron chi connectivity index (χ4n) is 5.48. The van der Waals surface area contributed by atoms with Gasteiger partial charge in [-0.3, -0.25) is 0 Å². The molecule has 6 nitrogen and oxygen atoms in total. The number of halogens is 2. The monoisotopic (exact) mass is 473 g/mol. The quantitative estimate of drug-likeness (QED) is 0.589. The molecule has 1 aliphatic carbocycles. The van der Waals surface area contributed by atoms with Gasteiger partial charge < -0.3 is 25.0 Å². The van der Waals surface area contributed by atoms with Gasteiger partial charge in [-0.25, -0.2) is 13.6 Å². The number of amides is 2. The van der Waals surface area contributed by atoms with Crippen LogP contribution in [0.1, 0.15) is 44.6 Å². The van der Waals surface area contributed by atoms with Gasteiger partial charge in [-0.2, -0.15) is 0 Å². The van der Waals surface area contributed by atoms with Crippen molar-refractivity contribution in [2.24, 2.45) is 0 Å². The van der Waals surface area contributed by atoms with Crippen molar-refractivity contribution in [2.75, 3.05) is 32.6 Å². The van der Waals surface area contributed by atoms with Crippen molar-refractivity contribution in [3.8, 4) is 11.5 Å². The number of nitrogens with zero attached hydrogens (tertiary/aromatic N) is 1. The van der Waals surface area contributed by atoms with E-state index in [4.69, 9.17) is 9.47 Å². The van der Waals surface area contributed by atoms with Crippen molar-refractivity contribution in [1.82, 2.24) is 10.2 Å². The van der Waals surface area contributed by atoms with Crippen LogP contribution in [0, 0.1) is 11.6 Å². The first-order valence-electron chi connectivity index (χ1n) is 11.9. The zero-order chi connectivity index (χ0) is 24.3. The van der Waals surface area contributed by atoms with Crippen molar-refractivity contribution in [3.05, 3.63) is 53.6 Å². The number of hydrogen-bond donors (Lipinski definition) is 2. The lowest BCUT2D eigenvalue weighted by Gasteiger charge is -2.45. The Hall–Kier alpha value is -2.87. The molecule has 2 aromatic carbocycles. The van der Waals surface area contributed by atoms with E-state index in [0.717, 1.165) is 62.3 Å². The van der Waals surface area contributed by atoms with Gasteiger partial charge in [-0.05, 0) is 75.5 Å². The average Bonchev–Trinajstić information content (AvgIpc) is 3.17. The van der Waals surface area contributed by atoms with Gasteiger partial charge in [0.15, 0.2) is 23.1 Å². The SMILES string of the molecule is CCCOc1ccc([C@@]23CC[C@@H](NC(=O)Nc4ccc(F)c(F)c4)C[C@@H]2N(C)CC3)cc1OC. The van der Waals surface area contributed by atoms with Crippen molar-refractivity contribution >= 4 is 11.7 Å². The lowest BCUT2D eigenvalue weighted by molar-refractivity contribution is 0.156. The Morgan fingerprint density at radius 3 is 2.71 bits per heavy atom. The largest absolute Gasteiger partial charge is 0.493 e. The van der Waals surface area contributed by atoms with E-state index in [1.807, 2.05) is 6.07 Å². The van der Waals surface area contributed by atoms with Gasteiger partial charge >= 0.3 is 6.03 Å². The molecule has 0 spiro atoms. The van der Waals surface area contributed by atoms with Gasteiger partial charge in [0.1, 0.15) is 0 Å². The number of carbonyl (C=O) groups is 1. The van der Waals surface area contributed by atoms with Crippen molar-refractivity contribution < 1.29 is 23.0 Å². The number of anilines is 1. The van der Waals surface area contributed by atoms with Crippen LogP contribution in [0.5, 0.6) is 11.5 Å². The minimum Gasteiger partial charge on any atom is -0.493 e. The molecule has 0 unspecified atom stereocenters. The Bertz CT molecular complexity index is 1030. The zero-order valence-electron chi connectivity index (χ0n) is 20.0. The van der Waals surface area contributed by atoms with E-state index < -0.39 is 17.7 Å². The first kappa shape index (κ1) is 24.3. The van der Waals surface area contributed by atoms with Crippen LogP contribution in [0.4, 0.5) is 19.3 Å². The van der Waals surface area contributed by atoms with Gasteiger partial charge in [0.25, 0.3) is 0 Å². The van der Waals surface area contributed by atoms with Gasteiger partial charge in [0.05, 0.1) is 13.7 Å². The molecule has 2 fully saturated rings. The lowest BCUT2D eigenvalue weighted by atomic mass is 9.65. The molecule has 4 rings (SSSR count). The summed E-state index contributed by atoms with van der Waals surface area (Å²) in [6.45, 7) is 3.70. The van der Waals surface area contributed by atoms with Crippen LogP contribution in [0.3, 0.4) is 0 Å². The van der Waals surface area contributed by atoms with Crippen LogP contribution in [-0.2, 0) is 5.41 Å². The second-order valence-electron chi connectivity index (χ2n) is 9.32. The Morgan fingerprint density at radius 2 is 1.97 bits per heavy atom. The maximum Gasteiger partial charge on any atom is 0.319 e. The third kappa shape index (κ3) is 4.82. The number of methoxy groups -OCH3 is 1. The summed E-state index contributed by atoms with van der Waals surface area (Å²) in [7, 11) is 3.80. The first-order chi connectivity index (χ1) is 16.4. The van der Waals surface area contributed by atoms with E-state index in [1.165, 1.54) is 11.6 Å². The van der Waals surface area contributed by atoms with Gasteiger partial charge in [0.2, 0.25) is 0 Å². The van der Waals surface area contributed by atoms with Crippen LogP contribution < -0.4 is 20.1 Å². The standard InChI is InChI=1S/C26H33F2N3O3/c1-4-13-34-22-8-5-17(14-23(22)33-3)26-10-9-19(16-24(26)31(2)12-11-26)30-25(32)29-18-6-7-20(27)21(28)15-18/h5-8,14-15,19,24H,4,9-13,16H2,1-3H3,(H2,29,30,32)/t19-,24+,26+/m1/s1. The molecule has 34 heavy (non-hydrogen) atoms. The average molecular weight is 474 g/mol. The summed E-state index contributed by atoms with van der Waals surface area (Å²) < 4.78 is 38.1. The van der Waals surface area contributed by atoms with Crippen LogP contribution >= 0.6 is 0 Å². The maximum absolute atomic E-state index is 13.5. The summed E-state index contributed by atoms with van der Waals surface area (Å²) in [6.07, 6.45) is 4.53. The van der Waals surface area contributed by atoms with Crippen LogP contribution in [-0.4, -0.2) is 50.3 Å². The predicted octanol–water partition coefficient (Wildman–Crippen LogP) is 5.08. The summed E-state index contributed by atoms with van der Waals surface area (Å²) in [5.41, 5.74) is 1.45. The molecule has 2 aliphatic rings. The van der Waals surface area contributed by atoms with Crippen LogP contribution in [0.25, 0.3) is 0 Å². The van der Waals surface area contributed by atoms with Crippen LogP contribution in [0.2, 0.25) is 0 Å². The number of urea groups is 1. The van der Waals surface area contributed by atoms with Gasteiger partial charge in [-0.1, -0.05) is 13.0 Å². The second kappa shape index (κ2) is 10.2. The Labute approximate surface area is 199 Å². The van der Waals surface area contributed by atoms with Crippen molar-refractivity contribution in [2.45, 2.75) is 56.5 Å². The molecule has 1 heterocycles. The smallest absolute Gasteiger partial charge is 0.319 e. The Kier molecular flexibility index (Phi) is 7.26. The number of rotatable bonds is 7. The number of fused-ring (bicyclic) bond motifs is 1. The molecule has 184 valence electrons. The summed E-state index contributed by atoms with van der Waals surface area (Å²) >= 11 is 0. The van der Waals surface area contributed by atoms with Crippen LogP contribution in [0.15, 0.2) is 36.4 Å². The predicted molar refractivity (Wildman–Crippen MR) is 128 cm³/mol. The highest BCUT2D eigenvalue weighted by molar-refractivity contribution is 5.89. The fourth-order valence-corrected chi connectivity index (χ4v) is 5.48. The number of nitrogens with one attached hydrogen (secondary N) is 2. The summed E-state index contributed by atoms with van der Waals surface area (Å²) in [4.78, 5) is 14.9. The minimum atomic E-state index is -0.991. The molecule has 0 aromatic heterocycles. The highest BCUT2D eigenvalue weighted by Gasteiger charge is 2.50. The topological polar surface area (TPSA) is 62.8 Å². The normalized spacial score (nSPS) is 24.4. The fraction of sp³-hybridized carbons (Fsp3) is 0.500. The number of hydrogen-bond acceptors (Lipinski definition) is 4. The molecule has 3 atom stereocenters. The molecule has 1 saturated carbocycles. The third-order valence-corrected chi connectivity index (χ3v) is 7.24. The van der Waals surface area contributed by atoms with Gasteiger partial charge in [-0.15, -0.1) is 0 Å². The van der Waals surface area contributed by atoms with E-state index in [0.29, 0.717) is 6.61 Å². The third-order valence-electron chi connectivity index (χ3n) is 7.24. The lowest BCUT2D eigenvalue weighted by Crippen LogP contribution is -2.52. The number of likely N-dealkylation sites (tertiary alicyclic amines) is 1. The maximum atomic E-state index is 13.5. The zero-order valence-corrected chi connectivity index (χ0v) is 20.0. The molecule has 0 radical (unpaired) electrons. The van der Waals surface area contributed by atoms with Gasteiger partial charge in [0, 0.05) is 29.3 Å². The minimum absolute atomic E-state index is 0.0138. The first-order valence-corrected chi connectivity index (χ1v) is 11.9.